The molecule has 2 heteroatoms. The molecule has 0 unspecified atom stereocenters. The molecule has 0 heterocycles. The molecule has 0 spiro atoms. The van der Waals surface area contributed by atoms with E-state index in [2.05, 4.69) is 13.8 Å². The summed E-state index contributed by atoms with van der Waals surface area (Å²) in [6.45, 7) is 4.52. The van der Waals surface area contributed by atoms with Crippen LogP contribution in [0.4, 0.5) is 0 Å². The van der Waals surface area contributed by atoms with Crippen LogP contribution in [0.5, 0.6) is 0 Å². The van der Waals surface area contributed by atoms with Crippen LogP contribution in [0.25, 0.3) is 0 Å². The fourth-order valence-corrected chi connectivity index (χ4v) is 7.38. The van der Waals surface area contributed by atoms with Gasteiger partial charge in [-0.3, -0.25) is 0 Å². The van der Waals surface area contributed by atoms with Crippen molar-refractivity contribution < 1.29 is 0 Å². The van der Waals surface area contributed by atoms with E-state index in [9.17, 15) is 0 Å². The van der Waals surface area contributed by atoms with Gasteiger partial charge in [0.1, 0.15) is 0 Å². The third-order valence-corrected chi connectivity index (χ3v) is 9.75. The Morgan fingerprint density at radius 1 is 0.833 bits per heavy atom. The summed E-state index contributed by atoms with van der Waals surface area (Å²) < 4.78 is 2.84. The van der Waals surface area contributed by atoms with Crippen molar-refractivity contribution in [1.29, 1.82) is 0 Å². The first-order valence-electron chi connectivity index (χ1n) is 5.31. The molecule has 0 amide bonds. The van der Waals surface area contributed by atoms with Crippen LogP contribution in [-0.2, 0) is 0 Å². The fourth-order valence-electron chi connectivity index (χ4n) is 1.26. The van der Waals surface area contributed by atoms with Gasteiger partial charge >= 0.3 is 88.8 Å². The van der Waals surface area contributed by atoms with Crippen molar-refractivity contribution in [3.8, 4) is 0 Å². The topological polar surface area (TPSA) is 0 Å². The van der Waals surface area contributed by atoms with Crippen molar-refractivity contribution in [2.45, 2.75) is 61.2 Å². The van der Waals surface area contributed by atoms with Gasteiger partial charge in [0, 0.05) is 0 Å². The molecule has 0 nitrogen and oxygen atoms in total. The molecule has 0 N–H and O–H groups in total. The van der Waals surface area contributed by atoms with E-state index in [4.69, 9.17) is 8.92 Å². The van der Waals surface area contributed by atoms with Crippen LogP contribution < -0.4 is 0 Å². The Kier molecular flexibility index (Phi) is 11.1. The minimum absolute atomic E-state index is 1.31. The second-order valence-corrected chi connectivity index (χ2v) is 12.8. The molecule has 0 aliphatic rings. The Labute approximate surface area is 88.5 Å². The third-order valence-electron chi connectivity index (χ3n) is 2.10. The molecule has 0 aliphatic heterocycles. The summed E-state index contributed by atoms with van der Waals surface area (Å²) in [5.74, 6) is 0. The predicted octanol–water partition coefficient (Wildman–Crippen LogP) is 4.60. The summed E-state index contributed by atoms with van der Waals surface area (Å²) >= 11 is -1.31. The number of halogens is 1. The van der Waals surface area contributed by atoms with Gasteiger partial charge in [-0.15, -0.1) is 0 Å². The van der Waals surface area contributed by atoms with Crippen LogP contribution in [0.15, 0.2) is 0 Å². The first kappa shape index (κ1) is 13.1. The van der Waals surface area contributed by atoms with Crippen molar-refractivity contribution in [2.24, 2.45) is 0 Å². The summed E-state index contributed by atoms with van der Waals surface area (Å²) in [5.41, 5.74) is 0. The van der Waals surface area contributed by atoms with Crippen molar-refractivity contribution >= 4 is 27.6 Å². The molecular weight excluding hydrogens is 274 g/mol. The van der Waals surface area contributed by atoms with E-state index in [0.29, 0.717) is 0 Å². The van der Waals surface area contributed by atoms with Crippen LogP contribution in [0.2, 0.25) is 8.87 Å². The second kappa shape index (κ2) is 10.2. The zero-order valence-corrected chi connectivity index (χ0v) is 12.1. The quantitative estimate of drug-likeness (QED) is 0.454. The summed E-state index contributed by atoms with van der Waals surface area (Å²) in [6, 6.07) is 0. The third kappa shape index (κ3) is 9.18. The molecule has 0 aromatic rings. The Balaban J connectivity index is 3.04. The molecule has 0 fully saturated rings. The van der Waals surface area contributed by atoms with Gasteiger partial charge in [0.05, 0.1) is 0 Å². The average molecular weight is 296 g/mol. The van der Waals surface area contributed by atoms with E-state index in [1.165, 1.54) is 47.4 Å². The molecular formula is C10H22ClSn. The Morgan fingerprint density at radius 3 is 1.58 bits per heavy atom. The van der Waals surface area contributed by atoms with Crippen molar-refractivity contribution in [1.82, 2.24) is 0 Å². The van der Waals surface area contributed by atoms with E-state index in [-0.39, 0.29) is 0 Å². The Morgan fingerprint density at radius 2 is 1.25 bits per heavy atom. The van der Waals surface area contributed by atoms with E-state index in [1.807, 2.05) is 0 Å². The van der Waals surface area contributed by atoms with E-state index in [1.54, 1.807) is 0 Å². The van der Waals surface area contributed by atoms with Crippen molar-refractivity contribution in [3.63, 3.8) is 0 Å². The first-order chi connectivity index (χ1) is 5.81. The first-order valence-corrected chi connectivity index (χ1v) is 13.0. The maximum absolute atomic E-state index is 6.35. The van der Waals surface area contributed by atoms with Crippen LogP contribution in [-0.4, -0.2) is 18.6 Å². The van der Waals surface area contributed by atoms with Gasteiger partial charge in [-0.2, -0.15) is 0 Å². The molecule has 0 aliphatic carbocycles. The maximum atomic E-state index is 6.35. The number of hydrogen-bond donors (Lipinski definition) is 0. The van der Waals surface area contributed by atoms with Gasteiger partial charge in [-0.25, -0.2) is 0 Å². The Bertz CT molecular complexity index is 75.9. The van der Waals surface area contributed by atoms with Gasteiger partial charge in [0.15, 0.2) is 0 Å². The summed E-state index contributed by atoms with van der Waals surface area (Å²) in [4.78, 5) is 0. The zero-order chi connectivity index (χ0) is 9.23. The molecule has 1 radical (unpaired) electrons. The molecule has 12 heavy (non-hydrogen) atoms. The van der Waals surface area contributed by atoms with Crippen molar-refractivity contribution in [3.05, 3.63) is 0 Å². The van der Waals surface area contributed by atoms with Gasteiger partial charge in [0.2, 0.25) is 0 Å². The SMILES string of the molecule is CCCC[CH2][Sn]([Cl])[CH2]CCCC. The van der Waals surface area contributed by atoms with Gasteiger partial charge in [-0.1, -0.05) is 0 Å². The van der Waals surface area contributed by atoms with Crippen LogP contribution >= 0.6 is 8.92 Å². The van der Waals surface area contributed by atoms with Gasteiger partial charge in [-0.05, 0) is 0 Å². The standard InChI is InChI=1S/2C5H11.ClH.Sn/c2*1-3-5-4-2;;/h2*1,3-5H2,2H3;1H;/q;;;+1/p-1. The summed E-state index contributed by atoms with van der Waals surface area (Å²) in [7, 11) is 6.35. The summed E-state index contributed by atoms with van der Waals surface area (Å²) in [5, 5.41) is 0. The second-order valence-electron chi connectivity index (χ2n) is 3.43. The zero-order valence-electron chi connectivity index (χ0n) is 8.53. The monoisotopic (exact) mass is 297 g/mol. The number of rotatable bonds is 8. The van der Waals surface area contributed by atoms with Crippen LogP contribution in [0.1, 0.15) is 52.4 Å². The molecule has 0 saturated carbocycles. The minimum atomic E-state index is -1.31. The molecule has 0 saturated heterocycles. The predicted molar refractivity (Wildman–Crippen MR) is 60.3 cm³/mol. The number of unbranched alkanes of at least 4 members (excludes halogenated alkanes) is 4. The molecule has 73 valence electrons. The molecule has 0 rings (SSSR count). The van der Waals surface area contributed by atoms with Crippen LogP contribution in [0, 0.1) is 0 Å². The molecule has 0 atom stereocenters. The van der Waals surface area contributed by atoms with E-state index in [0.717, 1.165) is 0 Å². The van der Waals surface area contributed by atoms with Gasteiger partial charge < -0.3 is 0 Å². The van der Waals surface area contributed by atoms with Crippen molar-refractivity contribution in [2.75, 3.05) is 0 Å². The molecule has 0 aromatic carbocycles. The Hall–Kier alpha value is 1.09. The van der Waals surface area contributed by atoms with Gasteiger partial charge in [0.25, 0.3) is 0 Å². The van der Waals surface area contributed by atoms with E-state index < -0.39 is 18.6 Å². The molecule has 0 aromatic heterocycles. The normalized spacial score (nSPS) is 11.0. The number of hydrogen-bond acceptors (Lipinski definition) is 0. The average Bonchev–Trinajstić information content (AvgIpc) is 2.06. The summed E-state index contributed by atoms with van der Waals surface area (Å²) in [6.07, 6.45) is 8.27. The molecule has 0 bridgehead atoms. The van der Waals surface area contributed by atoms with Crippen LogP contribution in [0.3, 0.4) is 0 Å². The fraction of sp³-hybridized carbons (Fsp3) is 1.00. The van der Waals surface area contributed by atoms with E-state index >= 15 is 0 Å².